The van der Waals surface area contributed by atoms with Gasteiger partial charge in [0.1, 0.15) is 0 Å². The fourth-order valence-corrected chi connectivity index (χ4v) is 4.10. The topological polar surface area (TPSA) is 75.4 Å². The van der Waals surface area contributed by atoms with Crippen LogP contribution < -0.4 is 25.4 Å². The number of rotatable bonds is 6. The Labute approximate surface area is 211 Å². The maximum Gasteiger partial charge on any atom is 0.193 e. The van der Waals surface area contributed by atoms with E-state index in [1.165, 1.54) is 0 Å². The van der Waals surface area contributed by atoms with E-state index < -0.39 is 0 Å². The second-order valence-corrected chi connectivity index (χ2v) is 8.14. The molecule has 9 heteroatoms. The van der Waals surface area contributed by atoms with Crippen molar-refractivity contribution < 1.29 is 9.47 Å². The SMILES string of the molecule is I.NC(=NCCCN1CCN(c2ccccc2Cl)CC1)Nc1ccc2c(c1)OCCCO2. The highest BCUT2D eigenvalue weighted by Gasteiger charge is 2.18. The van der Waals surface area contributed by atoms with Crippen LogP contribution >= 0.6 is 35.6 Å². The van der Waals surface area contributed by atoms with Gasteiger partial charge in [-0.2, -0.15) is 0 Å². The number of aliphatic imine (C=N–C) groups is 1. The molecule has 2 aromatic carbocycles. The first-order valence-electron chi connectivity index (χ1n) is 10.9. The fourth-order valence-electron chi connectivity index (χ4n) is 3.84. The highest BCUT2D eigenvalue weighted by molar-refractivity contribution is 14.0. The van der Waals surface area contributed by atoms with E-state index in [9.17, 15) is 0 Å². The van der Waals surface area contributed by atoms with Crippen molar-refractivity contribution in [2.45, 2.75) is 12.8 Å². The quantitative estimate of drug-likeness (QED) is 0.236. The molecule has 0 bridgehead atoms. The lowest BCUT2D eigenvalue weighted by Crippen LogP contribution is -2.46. The van der Waals surface area contributed by atoms with Gasteiger partial charge < -0.3 is 25.4 Å². The summed E-state index contributed by atoms with van der Waals surface area (Å²) in [6.07, 6.45) is 1.85. The van der Waals surface area contributed by atoms with Crippen LogP contribution in [0.5, 0.6) is 11.5 Å². The van der Waals surface area contributed by atoms with E-state index in [-0.39, 0.29) is 24.0 Å². The summed E-state index contributed by atoms with van der Waals surface area (Å²) in [5, 5.41) is 3.96. The minimum absolute atomic E-state index is 0. The van der Waals surface area contributed by atoms with Crippen molar-refractivity contribution in [2.24, 2.45) is 10.7 Å². The number of halogens is 2. The average Bonchev–Trinajstić information content (AvgIpc) is 3.03. The molecule has 4 rings (SSSR count). The molecule has 174 valence electrons. The molecular formula is C23H31ClIN5O2. The van der Waals surface area contributed by atoms with Crippen molar-refractivity contribution >= 4 is 52.9 Å². The van der Waals surface area contributed by atoms with Gasteiger partial charge in [-0.3, -0.25) is 9.89 Å². The lowest BCUT2D eigenvalue weighted by molar-refractivity contribution is 0.256. The van der Waals surface area contributed by atoms with Crippen molar-refractivity contribution in [2.75, 3.05) is 62.7 Å². The van der Waals surface area contributed by atoms with E-state index in [1.54, 1.807) is 0 Å². The minimum atomic E-state index is 0. The maximum atomic E-state index is 6.33. The molecule has 0 unspecified atom stereocenters. The molecule has 0 spiro atoms. The largest absolute Gasteiger partial charge is 0.490 e. The van der Waals surface area contributed by atoms with E-state index in [0.29, 0.717) is 25.7 Å². The molecule has 1 saturated heterocycles. The fraction of sp³-hybridized carbons (Fsp3) is 0.435. The molecular weight excluding hydrogens is 541 g/mol. The summed E-state index contributed by atoms with van der Waals surface area (Å²) >= 11 is 6.33. The van der Waals surface area contributed by atoms with Gasteiger partial charge in [0.15, 0.2) is 17.5 Å². The average molecular weight is 572 g/mol. The predicted molar refractivity (Wildman–Crippen MR) is 142 cm³/mol. The number of nitrogens with two attached hydrogens (primary N) is 1. The van der Waals surface area contributed by atoms with Crippen LogP contribution in [0.25, 0.3) is 0 Å². The standard InChI is InChI=1S/C23H30ClN5O2.HI/c24-19-5-1-2-6-20(19)29-13-11-28(12-14-29)10-3-9-26-23(25)27-18-7-8-21-22(17-18)31-16-4-15-30-21;/h1-2,5-8,17H,3-4,9-16H2,(H3,25,26,27);1H. The summed E-state index contributed by atoms with van der Waals surface area (Å²) in [6.45, 7) is 7.07. The molecule has 0 radical (unpaired) electrons. The zero-order valence-electron chi connectivity index (χ0n) is 18.1. The van der Waals surface area contributed by atoms with Crippen LogP contribution in [0.4, 0.5) is 11.4 Å². The second-order valence-electron chi connectivity index (χ2n) is 7.74. The minimum Gasteiger partial charge on any atom is -0.490 e. The normalized spacial score (nSPS) is 16.8. The Bertz CT molecular complexity index is 906. The summed E-state index contributed by atoms with van der Waals surface area (Å²) < 4.78 is 11.4. The number of benzene rings is 2. The molecule has 1 fully saturated rings. The Balaban J connectivity index is 0.00000289. The van der Waals surface area contributed by atoms with Crippen molar-refractivity contribution in [3.8, 4) is 11.5 Å². The molecule has 2 aromatic rings. The molecule has 0 amide bonds. The third-order valence-electron chi connectivity index (χ3n) is 5.50. The molecule has 32 heavy (non-hydrogen) atoms. The number of guanidine groups is 1. The van der Waals surface area contributed by atoms with E-state index >= 15 is 0 Å². The number of nitrogens with zero attached hydrogens (tertiary/aromatic N) is 3. The van der Waals surface area contributed by atoms with Gasteiger partial charge in [0.05, 0.1) is 23.9 Å². The van der Waals surface area contributed by atoms with E-state index in [4.69, 9.17) is 26.8 Å². The zero-order chi connectivity index (χ0) is 21.5. The second kappa shape index (κ2) is 12.4. The number of para-hydroxylation sites is 1. The van der Waals surface area contributed by atoms with Gasteiger partial charge in [-0.25, -0.2) is 0 Å². The van der Waals surface area contributed by atoms with E-state index in [2.05, 4.69) is 26.2 Å². The molecule has 0 aliphatic carbocycles. The molecule has 0 saturated carbocycles. The molecule has 2 heterocycles. The Morgan fingerprint density at radius 1 is 1.03 bits per heavy atom. The van der Waals surface area contributed by atoms with Gasteiger partial charge in [-0.1, -0.05) is 23.7 Å². The Kier molecular flexibility index (Phi) is 9.55. The number of fused-ring (bicyclic) bond motifs is 1. The highest BCUT2D eigenvalue weighted by atomic mass is 127. The van der Waals surface area contributed by atoms with Crippen molar-refractivity contribution in [3.05, 3.63) is 47.5 Å². The smallest absolute Gasteiger partial charge is 0.193 e. The van der Waals surface area contributed by atoms with Gasteiger partial charge in [0.25, 0.3) is 0 Å². The summed E-state index contributed by atoms with van der Waals surface area (Å²) in [4.78, 5) is 9.29. The Morgan fingerprint density at radius 3 is 2.56 bits per heavy atom. The molecule has 2 aliphatic rings. The lowest BCUT2D eigenvalue weighted by atomic mass is 10.2. The predicted octanol–water partition coefficient (Wildman–Crippen LogP) is 4.06. The number of anilines is 2. The van der Waals surface area contributed by atoms with Crippen LogP contribution in [-0.4, -0.2) is 63.3 Å². The molecule has 2 aliphatic heterocycles. The van der Waals surface area contributed by atoms with Gasteiger partial charge in [0, 0.05) is 57.4 Å². The van der Waals surface area contributed by atoms with Crippen LogP contribution in [0.1, 0.15) is 12.8 Å². The third-order valence-corrected chi connectivity index (χ3v) is 5.82. The number of nitrogens with one attached hydrogen (secondary N) is 1. The van der Waals surface area contributed by atoms with E-state index in [1.807, 2.05) is 36.4 Å². The first-order valence-corrected chi connectivity index (χ1v) is 11.3. The van der Waals surface area contributed by atoms with Crippen molar-refractivity contribution in [3.63, 3.8) is 0 Å². The Morgan fingerprint density at radius 2 is 1.78 bits per heavy atom. The summed E-state index contributed by atoms with van der Waals surface area (Å²) in [7, 11) is 0. The number of ether oxygens (including phenoxy) is 2. The van der Waals surface area contributed by atoms with Gasteiger partial charge >= 0.3 is 0 Å². The molecule has 3 N–H and O–H groups in total. The lowest BCUT2D eigenvalue weighted by Gasteiger charge is -2.36. The molecule has 7 nitrogen and oxygen atoms in total. The van der Waals surface area contributed by atoms with Crippen molar-refractivity contribution in [1.29, 1.82) is 0 Å². The number of hydrogen-bond acceptors (Lipinski definition) is 5. The van der Waals surface area contributed by atoms with E-state index in [0.717, 1.165) is 73.5 Å². The first-order chi connectivity index (χ1) is 15.2. The van der Waals surface area contributed by atoms with Gasteiger partial charge in [0.2, 0.25) is 0 Å². The van der Waals surface area contributed by atoms with Crippen LogP contribution in [-0.2, 0) is 0 Å². The van der Waals surface area contributed by atoms with Crippen LogP contribution in [0.3, 0.4) is 0 Å². The monoisotopic (exact) mass is 571 g/mol. The first kappa shape index (κ1) is 24.7. The summed E-state index contributed by atoms with van der Waals surface area (Å²) in [5.41, 5.74) is 8.04. The highest BCUT2D eigenvalue weighted by Crippen LogP contribution is 2.32. The summed E-state index contributed by atoms with van der Waals surface area (Å²) in [5.74, 6) is 1.93. The summed E-state index contributed by atoms with van der Waals surface area (Å²) in [6, 6.07) is 13.8. The van der Waals surface area contributed by atoms with Gasteiger partial charge in [-0.05, 0) is 30.7 Å². The maximum absolute atomic E-state index is 6.33. The number of hydrogen-bond donors (Lipinski definition) is 2. The van der Waals surface area contributed by atoms with Crippen LogP contribution in [0, 0.1) is 0 Å². The van der Waals surface area contributed by atoms with Crippen molar-refractivity contribution in [1.82, 2.24) is 4.90 Å². The Hall–Kier alpha value is -1.91. The van der Waals surface area contributed by atoms with Crippen LogP contribution in [0.15, 0.2) is 47.5 Å². The zero-order valence-corrected chi connectivity index (χ0v) is 21.2. The van der Waals surface area contributed by atoms with Gasteiger partial charge in [-0.15, -0.1) is 24.0 Å². The third kappa shape index (κ3) is 6.79. The number of piperazine rings is 1. The van der Waals surface area contributed by atoms with Crippen LogP contribution in [0.2, 0.25) is 5.02 Å². The molecule has 0 atom stereocenters. The molecule has 0 aromatic heterocycles.